The van der Waals surface area contributed by atoms with E-state index in [0.29, 0.717) is 11.5 Å². The Bertz CT molecular complexity index is 406. The van der Waals surface area contributed by atoms with Crippen LogP contribution in [-0.4, -0.2) is 22.0 Å². The van der Waals surface area contributed by atoms with Crippen molar-refractivity contribution in [1.82, 2.24) is 10.3 Å². The number of carbonyl (C=O) groups excluding carboxylic acids is 1. The van der Waals surface area contributed by atoms with Crippen LogP contribution in [0.1, 0.15) is 43.0 Å². The largest absolute Gasteiger partial charge is 0.505 e. The Kier molecular flexibility index (Phi) is 3.61. The zero-order valence-corrected chi connectivity index (χ0v) is 10.0. The standard InChI is InChI=1S/C13H18N2O2/c1-9-4-2-3-5-11(9)15-13(17)10-6-7-14-8-12(10)16/h6-9,11,16H,2-5H2,1H3,(H,15,17). The third-order valence-electron chi connectivity index (χ3n) is 3.47. The van der Waals surface area contributed by atoms with Crippen molar-refractivity contribution >= 4 is 5.91 Å². The van der Waals surface area contributed by atoms with E-state index in [9.17, 15) is 9.90 Å². The third-order valence-corrected chi connectivity index (χ3v) is 3.47. The summed E-state index contributed by atoms with van der Waals surface area (Å²) in [5.41, 5.74) is 0.303. The van der Waals surface area contributed by atoms with Gasteiger partial charge in [-0.1, -0.05) is 19.8 Å². The number of amides is 1. The smallest absolute Gasteiger partial charge is 0.255 e. The summed E-state index contributed by atoms with van der Waals surface area (Å²) in [6.45, 7) is 2.16. The number of carbonyl (C=O) groups is 1. The van der Waals surface area contributed by atoms with Crippen molar-refractivity contribution in [2.24, 2.45) is 5.92 Å². The molecule has 4 heteroatoms. The Hall–Kier alpha value is -1.58. The molecule has 0 spiro atoms. The molecule has 1 aromatic heterocycles. The van der Waals surface area contributed by atoms with Crippen LogP contribution in [0.15, 0.2) is 18.5 Å². The van der Waals surface area contributed by atoms with E-state index in [2.05, 4.69) is 17.2 Å². The Labute approximate surface area is 101 Å². The van der Waals surface area contributed by atoms with Crippen LogP contribution in [0, 0.1) is 5.92 Å². The van der Waals surface area contributed by atoms with Gasteiger partial charge in [-0.05, 0) is 24.8 Å². The molecule has 0 radical (unpaired) electrons. The average molecular weight is 234 g/mol. The second kappa shape index (κ2) is 5.17. The van der Waals surface area contributed by atoms with E-state index in [-0.39, 0.29) is 17.7 Å². The summed E-state index contributed by atoms with van der Waals surface area (Å²) in [5, 5.41) is 12.6. The van der Waals surface area contributed by atoms with Crippen LogP contribution < -0.4 is 5.32 Å². The number of hydrogen-bond donors (Lipinski definition) is 2. The first-order valence-electron chi connectivity index (χ1n) is 6.12. The maximum absolute atomic E-state index is 12.0. The Balaban J connectivity index is 2.04. The van der Waals surface area contributed by atoms with Gasteiger partial charge in [-0.2, -0.15) is 0 Å². The van der Waals surface area contributed by atoms with Crippen LogP contribution in [0.3, 0.4) is 0 Å². The highest BCUT2D eigenvalue weighted by atomic mass is 16.3. The Morgan fingerprint density at radius 1 is 1.47 bits per heavy atom. The molecule has 17 heavy (non-hydrogen) atoms. The Morgan fingerprint density at radius 3 is 2.94 bits per heavy atom. The SMILES string of the molecule is CC1CCCCC1NC(=O)c1ccncc1O. The molecule has 1 fully saturated rings. The van der Waals surface area contributed by atoms with Gasteiger partial charge >= 0.3 is 0 Å². The highest BCUT2D eigenvalue weighted by Crippen LogP contribution is 2.24. The van der Waals surface area contributed by atoms with Gasteiger partial charge in [0.25, 0.3) is 5.91 Å². The molecule has 0 aliphatic heterocycles. The van der Waals surface area contributed by atoms with E-state index in [0.717, 1.165) is 19.3 Å². The molecule has 1 aromatic rings. The van der Waals surface area contributed by atoms with Crippen molar-refractivity contribution in [2.75, 3.05) is 0 Å². The first kappa shape index (κ1) is 11.9. The maximum atomic E-state index is 12.0. The van der Waals surface area contributed by atoms with Gasteiger partial charge in [0.2, 0.25) is 0 Å². The highest BCUT2D eigenvalue weighted by Gasteiger charge is 2.23. The average Bonchev–Trinajstić information content (AvgIpc) is 2.32. The van der Waals surface area contributed by atoms with Gasteiger partial charge in [-0.25, -0.2) is 0 Å². The summed E-state index contributed by atoms with van der Waals surface area (Å²) in [6.07, 6.45) is 7.40. The summed E-state index contributed by atoms with van der Waals surface area (Å²) in [7, 11) is 0. The van der Waals surface area contributed by atoms with E-state index in [1.807, 2.05) is 0 Å². The maximum Gasteiger partial charge on any atom is 0.255 e. The van der Waals surface area contributed by atoms with Crippen molar-refractivity contribution in [3.63, 3.8) is 0 Å². The molecule has 1 aliphatic carbocycles. The molecule has 1 saturated carbocycles. The second-order valence-electron chi connectivity index (χ2n) is 4.73. The lowest BCUT2D eigenvalue weighted by molar-refractivity contribution is 0.0907. The summed E-state index contributed by atoms with van der Waals surface area (Å²) in [5.74, 6) is 0.244. The molecule has 2 atom stereocenters. The first-order valence-corrected chi connectivity index (χ1v) is 6.12. The first-order chi connectivity index (χ1) is 8.18. The summed E-state index contributed by atoms with van der Waals surface area (Å²) >= 11 is 0. The van der Waals surface area contributed by atoms with Gasteiger partial charge in [-0.15, -0.1) is 0 Å². The molecule has 4 nitrogen and oxygen atoms in total. The van der Waals surface area contributed by atoms with Crippen molar-refractivity contribution in [3.05, 3.63) is 24.0 Å². The molecule has 1 heterocycles. The van der Waals surface area contributed by atoms with E-state index >= 15 is 0 Å². The fraction of sp³-hybridized carbons (Fsp3) is 0.538. The van der Waals surface area contributed by atoms with Crippen LogP contribution in [-0.2, 0) is 0 Å². The molecule has 0 bridgehead atoms. The number of nitrogens with zero attached hydrogens (tertiary/aromatic N) is 1. The van der Waals surface area contributed by atoms with Gasteiger partial charge < -0.3 is 10.4 Å². The van der Waals surface area contributed by atoms with Crippen LogP contribution in [0.2, 0.25) is 0 Å². The molecule has 2 rings (SSSR count). The minimum atomic E-state index is -0.205. The van der Waals surface area contributed by atoms with E-state index < -0.39 is 0 Å². The monoisotopic (exact) mass is 234 g/mol. The predicted octanol–water partition coefficient (Wildman–Crippen LogP) is 2.10. The third kappa shape index (κ3) is 2.75. The molecule has 1 aliphatic rings. The molecular formula is C13H18N2O2. The summed E-state index contributed by atoms with van der Waals surface area (Å²) < 4.78 is 0. The minimum absolute atomic E-state index is 0.0616. The van der Waals surface area contributed by atoms with Gasteiger partial charge in [0, 0.05) is 12.2 Å². The molecule has 2 N–H and O–H groups in total. The second-order valence-corrected chi connectivity index (χ2v) is 4.73. The number of pyridine rings is 1. The lowest BCUT2D eigenvalue weighted by Crippen LogP contribution is -2.41. The fourth-order valence-electron chi connectivity index (χ4n) is 2.35. The van der Waals surface area contributed by atoms with Crippen molar-refractivity contribution in [3.8, 4) is 5.75 Å². The van der Waals surface area contributed by atoms with Gasteiger partial charge in [-0.3, -0.25) is 9.78 Å². The fourth-order valence-corrected chi connectivity index (χ4v) is 2.35. The lowest BCUT2D eigenvalue weighted by atomic mass is 9.86. The van der Waals surface area contributed by atoms with E-state index in [4.69, 9.17) is 0 Å². The van der Waals surface area contributed by atoms with Crippen molar-refractivity contribution in [1.29, 1.82) is 0 Å². The van der Waals surface area contributed by atoms with Gasteiger partial charge in [0.1, 0.15) is 5.75 Å². The number of rotatable bonds is 2. The Morgan fingerprint density at radius 2 is 2.24 bits per heavy atom. The summed E-state index contributed by atoms with van der Waals surface area (Å²) in [6, 6.07) is 1.77. The van der Waals surface area contributed by atoms with Crippen molar-refractivity contribution < 1.29 is 9.90 Å². The number of hydrogen-bond acceptors (Lipinski definition) is 3. The molecule has 0 saturated heterocycles. The normalized spacial score (nSPS) is 24.3. The van der Waals surface area contributed by atoms with Crippen LogP contribution in [0.5, 0.6) is 5.75 Å². The molecule has 92 valence electrons. The van der Waals surface area contributed by atoms with Crippen LogP contribution in [0.25, 0.3) is 0 Å². The summed E-state index contributed by atoms with van der Waals surface area (Å²) in [4.78, 5) is 15.7. The number of aromatic nitrogens is 1. The van der Waals surface area contributed by atoms with E-state index in [1.165, 1.54) is 24.9 Å². The van der Waals surface area contributed by atoms with Crippen LogP contribution in [0.4, 0.5) is 0 Å². The number of nitrogens with one attached hydrogen (secondary N) is 1. The lowest BCUT2D eigenvalue weighted by Gasteiger charge is -2.29. The number of aromatic hydroxyl groups is 1. The minimum Gasteiger partial charge on any atom is -0.505 e. The molecule has 2 unspecified atom stereocenters. The molecule has 0 aromatic carbocycles. The molecule has 1 amide bonds. The van der Waals surface area contributed by atoms with E-state index in [1.54, 1.807) is 0 Å². The molecular weight excluding hydrogens is 216 g/mol. The van der Waals surface area contributed by atoms with Gasteiger partial charge in [0.15, 0.2) is 0 Å². The highest BCUT2D eigenvalue weighted by molar-refractivity contribution is 5.96. The predicted molar refractivity (Wildman–Crippen MR) is 64.8 cm³/mol. The zero-order valence-electron chi connectivity index (χ0n) is 10.0. The quantitative estimate of drug-likeness (QED) is 0.823. The van der Waals surface area contributed by atoms with Crippen molar-refractivity contribution in [2.45, 2.75) is 38.6 Å². The van der Waals surface area contributed by atoms with Crippen LogP contribution >= 0.6 is 0 Å². The zero-order chi connectivity index (χ0) is 12.3. The topological polar surface area (TPSA) is 62.2 Å². The van der Waals surface area contributed by atoms with Gasteiger partial charge in [0.05, 0.1) is 11.8 Å².